The first kappa shape index (κ1) is 20.4. The minimum atomic E-state index is -0.431. The molecule has 1 unspecified atom stereocenters. The molecule has 0 aliphatic carbocycles. The largest absolute Gasteiger partial charge is 0.497 e. The molecule has 2 aromatic carbocycles. The summed E-state index contributed by atoms with van der Waals surface area (Å²) >= 11 is 0. The Balaban J connectivity index is 1.72. The summed E-state index contributed by atoms with van der Waals surface area (Å²) in [5, 5.41) is 5.63. The van der Waals surface area contributed by atoms with Crippen LogP contribution in [0.25, 0.3) is 0 Å². The quantitative estimate of drug-likeness (QED) is 0.787. The van der Waals surface area contributed by atoms with Crippen molar-refractivity contribution in [3.8, 4) is 5.75 Å². The standard InChI is InChI=1S/C22H25N3O4/c1-14(2)25-13-15(11-20(25)26)21(27)24-19-10-5-4-9-18(19)22(28)23-16-7-6-8-17(12-16)29-3/h4-10,12,14-15H,11,13H2,1-3H3,(H,23,28)(H,24,27). The predicted octanol–water partition coefficient (Wildman–Crippen LogP) is 3.14. The van der Waals surface area contributed by atoms with Crippen molar-refractivity contribution in [1.82, 2.24) is 4.90 Å². The van der Waals surface area contributed by atoms with Crippen LogP contribution in [-0.2, 0) is 9.59 Å². The van der Waals surface area contributed by atoms with Crippen LogP contribution in [0.2, 0.25) is 0 Å². The molecule has 29 heavy (non-hydrogen) atoms. The fraction of sp³-hybridized carbons (Fsp3) is 0.318. The van der Waals surface area contributed by atoms with E-state index in [-0.39, 0.29) is 30.2 Å². The highest BCUT2D eigenvalue weighted by Crippen LogP contribution is 2.24. The van der Waals surface area contributed by atoms with E-state index in [0.717, 1.165) is 0 Å². The Labute approximate surface area is 170 Å². The van der Waals surface area contributed by atoms with Crippen molar-refractivity contribution in [2.45, 2.75) is 26.3 Å². The maximum Gasteiger partial charge on any atom is 0.257 e. The third-order valence-electron chi connectivity index (χ3n) is 4.91. The lowest BCUT2D eigenvalue weighted by Gasteiger charge is -2.20. The third-order valence-corrected chi connectivity index (χ3v) is 4.91. The van der Waals surface area contributed by atoms with Crippen molar-refractivity contribution in [1.29, 1.82) is 0 Å². The number of ether oxygens (including phenoxy) is 1. The lowest BCUT2D eigenvalue weighted by atomic mass is 10.1. The second-order valence-corrected chi connectivity index (χ2v) is 7.26. The van der Waals surface area contributed by atoms with E-state index in [0.29, 0.717) is 29.2 Å². The Hall–Kier alpha value is -3.35. The summed E-state index contributed by atoms with van der Waals surface area (Å²) in [7, 11) is 1.56. The van der Waals surface area contributed by atoms with Gasteiger partial charge in [0.1, 0.15) is 5.75 Å². The predicted molar refractivity (Wildman–Crippen MR) is 111 cm³/mol. The fourth-order valence-electron chi connectivity index (χ4n) is 3.33. The Bertz CT molecular complexity index is 926. The van der Waals surface area contributed by atoms with Crippen LogP contribution in [0, 0.1) is 5.92 Å². The number of hydrogen-bond acceptors (Lipinski definition) is 4. The van der Waals surface area contributed by atoms with Gasteiger partial charge >= 0.3 is 0 Å². The molecule has 152 valence electrons. The Kier molecular flexibility index (Phi) is 6.16. The molecule has 0 saturated carbocycles. The molecule has 0 radical (unpaired) electrons. The Morgan fingerprint density at radius 2 is 1.86 bits per heavy atom. The third kappa shape index (κ3) is 4.74. The van der Waals surface area contributed by atoms with Crippen LogP contribution in [0.4, 0.5) is 11.4 Å². The van der Waals surface area contributed by atoms with E-state index < -0.39 is 5.92 Å². The van der Waals surface area contributed by atoms with Gasteiger partial charge in [0.15, 0.2) is 0 Å². The van der Waals surface area contributed by atoms with Gasteiger partial charge in [-0.1, -0.05) is 18.2 Å². The first-order chi connectivity index (χ1) is 13.9. The van der Waals surface area contributed by atoms with Gasteiger partial charge in [-0.2, -0.15) is 0 Å². The van der Waals surface area contributed by atoms with Crippen molar-refractivity contribution in [3.05, 3.63) is 54.1 Å². The molecule has 1 fully saturated rings. The molecule has 1 heterocycles. The van der Waals surface area contributed by atoms with Gasteiger partial charge in [0.05, 0.1) is 24.3 Å². The van der Waals surface area contributed by atoms with Crippen LogP contribution in [-0.4, -0.2) is 42.3 Å². The molecule has 2 N–H and O–H groups in total. The highest BCUT2D eigenvalue weighted by atomic mass is 16.5. The molecule has 7 heteroatoms. The summed E-state index contributed by atoms with van der Waals surface area (Å²) in [5.74, 6) is -0.433. The minimum absolute atomic E-state index is 0.0239. The molecule has 0 aromatic heterocycles. The first-order valence-electron chi connectivity index (χ1n) is 9.53. The number of likely N-dealkylation sites (tertiary alicyclic amines) is 1. The molecule has 1 atom stereocenters. The Morgan fingerprint density at radius 1 is 1.10 bits per heavy atom. The zero-order valence-corrected chi connectivity index (χ0v) is 16.8. The number of rotatable bonds is 6. The van der Waals surface area contributed by atoms with Crippen molar-refractivity contribution < 1.29 is 19.1 Å². The average molecular weight is 395 g/mol. The number of anilines is 2. The van der Waals surface area contributed by atoms with Crippen LogP contribution < -0.4 is 15.4 Å². The lowest BCUT2D eigenvalue weighted by Crippen LogP contribution is -2.33. The van der Waals surface area contributed by atoms with Gasteiger partial charge in [0, 0.05) is 30.8 Å². The van der Waals surface area contributed by atoms with E-state index in [1.165, 1.54) is 0 Å². The summed E-state index contributed by atoms with van der Waals surface area (Å²) in [4.78, 5) is 39.3. The molecule has 7 nitrogen and oxygen atoms in total. The van der Waals surface area contributed by atoms with Crippen molar-refractivity contribution >= 4 is 29.1 Å². The number of benzene rings is 2. The minimum Gasteiger partial charge on any atom is -0.497 e. The topological polar surface area (TPSA) is 87.7 Å². The van der Waals surface area contributed by atoms with E-state index in [9.17, 15) is 14.4 Å². The van der Waals surface area contributed by atoms with Gasteiger partial charge in [-0.3, -0.25) is 14.4 Å². The summed E-state index contributed by atoms with van der Waals surface area (Å²) in [6.45, 7) is 4.24. The maximum absolute atomic E-state index is 12.8. The lowest BCUT2D eigenvalue weighted by molar-refractivity contribution is -0.129. The van der Waals surface area contributed by atoms with Gasteiger partial charge in [-0.25, -0.2) is 0 Å². The molecule has 0 bridgehead atoms. The summed E-state index contributed by atoms with van der Waals surface area (Å²) < 4.78 is 5.17. The van der Waals surface area contributed by atoms with E-state index in [4.69, 9.17) is 4.74 Å². The van der Waals surface area contributed by atoms with Crippen molar-refractivity contribution in [2.75, 3.05) is 24.3 Å². The van der Waals surface area contributed by atoms with Crippen molar-refractivity contribution in [2.24, 2.45) is 5.92 Å². The van der Waals surface area contributed by atoms with Gasteiger partial charge < -0.3 is 20.3 Å². The van der Waals surface area contributed by atoms with E-state index in [2.05, 4.69) is 10.6 Å². The fourth-order valence-corrected chi connectivity index (χ4v) is 3.33. The number of nitrogens with one attached hydrogen (secondary N) is 2. The number of nitrogens with zero attached hydrogens (tertiary/aromatic N) is 1. The SMILES string of the molecule is COc1cccc(NC(=O)c2ccccc2NC(=O)C2CC(=O)N(C(C)C)C2)c1. The monoisotopic (exact) mass is 395 g/mol. The first-order valence-corrected chi connectivity index (χ1v) is 9.53. The normalized spacial score (nSPS) is 16.1. The van der Waals surface area contributed by atoms with Gasteiger partial charge in [-0.05, 0) is 38.1 Å². The van der Waals surface area contributed by atoms with E-state index >= 15 is 0 Å². The number of methoxy groups -OCH3 is 1. The van der Waals surface area contributed by atoms with E-state index in [1.54, 1.807) is 60.5 Å². The van der Waals surface area contributed by atoms with Crippen LogP contribution >= 0.6 is 0 Å². The molecule has 2 aromatic rings. The summed E-state index contributed by atoms with van der Waals surface area (Å²) in [6.07, 6.45) is 0.183. The average Bonchev–Trinajstić information content (AvgIpc) is 3.10. The second-order valence-electron chi connectivity index (χ2n) is 7.26. The molecule has 3 rings (SSSR count). The van der Waals surface area contributed by atoms with Gasteiger partial charge in [0.25, 0.3) is 5.91 Å². The molecule has 1 saturated heterocycles. The number of carbonyl (C=O) groups is 3. The van der Waals surface area contributed by atoms with Gasteiger partial charge in [-0.15, -0.1) is 0 Å². The number of hydrogen-bond donors (Lipinski definition) is 2. The zero-order chi connectivity index (χ0) is 21.0. The highest BCUT2D eigenvalue weighted by molar-refractivity contribution is 6.10. The molecular formula is C22H25N3O4. The maximum atomic E-state index is 12.8. The van der Waals surface area contributed by atoms with E-state index in [1.807, 2.05) is 13.8 Å². The summed E-state index contributed by atoms with van der Waals surface area (Å²) in [6, 6.07) is 13.9. The van der Waals surface area contributed by atoms with Crippen LogP contribution in [0.15, 0.2) is 48.5 Å². The molecule has 1 aliphatic heterocycles. The smallest absolute Gasteiger partial charge is 0.257 e. The van der Waals surface area contributed by atoms with Crippen molar-refractivity contribution in [3.63, 3.8) is 0 Å². The summed E-state index contributed by atoms with van der Waals surface area (Å²) in [5.41, 5.74) is 1.34. The molecule has 3 amide bonds. The number of amides is 3. The number of carbonyl (C=O) groups excluding carboxylic acids is 3. The van der Waals surface area contributed by atoms with Crippen LogP contribution in [0.3, 0.4) is 0 Å². The molecule has 0 spiro atoms. The molecule has 1 aliphatic rings. The second kappa shape index (κ2) is 8.77. The Morgan fingerprint density at radius 3 is 2.55 bits per heavy atom. The van der Waals surface area contributed by atoms with Crippen LogP contribution in [0.5, 0.6) is 5.75 Å². The number of para-hydroxylation sites is 1. The molecular weight excluding hydrogens is 370 g/mol. The highest BCUT2D eigenvalue weighted by Gasteiger charge is 2.35. The van der Waals surface area contributed by atoms with Crippen LogP contribution in [0.1, 0.15) is 30.6 Å². The van der Waals surface area contributed by atoms with Gasteiger partial charge in [0.2, 0.25) is 11.8 Å². The zero-order valence-electron chi connectivity index (χ0n) is 16.8.